The first kappa shape index (κ1) is 24.3. The van der Waals surface area contributed by atoms with Crippen molar-refractivity contribution in [3.63, 3.8) is 0 Å². The van der Waals surface area contributed by atoms with Gasteiger partial charge in [-0.3, -0.25) is 4.79 Å². The summed E-state index contributed by atoms with van der Waals surface area (Å²) in [5.74, 6) is -0.807. The van der Waals surface area contributed by atoms with Crippen molar-refractivity contribution in [2.24, 2.45) is 0 Å². The van der Waals surface area contributed by atoms with E-state index in [-0.39, 0.29) is 6.42 Å². The summed E-state index contributed by atoms with van der Waals surface area (Å²) >= 11 is 0. The van der Waals surface area contributed by atoms with Gasteiger partial charge in [0.1, 0.15) is 6.10 Å². The summed E-state index contributed by atoms with van der Waals surface area (Å²) in [4.78, 5) is 10.4. The normalized spacial score (nSPS) is 25.5. The molecule has 1 rings (SSSR count). The van der Waals surface area contributed by atoms with Crippen LogP contribution >= 0.6 is 0 Å². The number of ether oxygens (including phenoxy) is 1. The van der Waals surface area contributed by atoms with Crippen molar-refractivity contribution in [1.29, 1.82) is 0 Å². The van der Waals surface area contributed by atoms with E-state index in [1.54, 1.807) is 12.2 Å². The van der Waals surface area contributed by atoms with E-state index in [1.807, 2.05) is 43.4 Å². The van der Waals surface area contributed by atoms with Crippen LogP contribution in [0.5, 0.6) is 0 Å². The Bertz CT molecular complexity index is 551. The van der Waals surface area contributed by atoms with Crippen LogP contribution in [0.15, 0.2) is 48.6 Å². The minimum atomic E-state index is -0.807. The smallest absolute Gasteiger partial charge is 0.303 e. The highest BCUT2D eigenvalue weighted by Crippen LogP contribution is 2.25. The van der Waals surface area contributed by atoms with Gasteiger partial charge in [-0.25, -0.2) is 0 Å². The number of aliphatic carboxylic acids is 1. The van der Waals surface area contributed by atoms with E-state index >= 15 is 0 Å². The zero-order valence-electron chi connectivity index (χ0n) is 16.6. The molecule has 0 aromatic heterocycles. The van der Waals surface area contributed by atoms with Gasteiger partial charge in [-0.05, 0) is 32.1 Å². The van der Waals surface area contributed by atoms with Crippen LogP contribution in [0.25, 0.3) is 0 Å². The molecule has 1 saturated heterocycles. The van der Waals surface area contributed by atoms with Crippen LogP contribution < -0.4 is 0 Å². The predicted octanol–water partition coefficient (Wildman–Crippen LogP) is 2.90. The molecule has 0 spiro atoms. The quantitative estimate of drug-likeness (QED) is 0.358. The van der Waals surface area contributed by atoms with Crippen molar-refractivity contribution < 1.29 is 30.0 Å². The van der Waals surface area contributed by atoms with Crippen molar-refractivity contribution in [2.75, 3.05) is 0 Å². The zero-order valence-corrected chi connectivity index (χ0v) is 16.6. The summed E-state index contributed by atoms with van der Waals surface area (Å²) in [6, 6.07) is 0. The van der Waals surface area contributed by atoms with Gasteiger partial charge in [-0.2, -0.15) is 0 Å². The minimum Gasteiger partial charge on any atom is -0.481 e. The SMILES string of the molecule is CC/C=C\C[C@@H](O)/C=C/[C@@H]1O[C@@H]([C@H](O)C/C=C\C/C=C\CCC(=O)O)C[C@H]1O. The maximum Gasteiger partial charge on any atom is 0.303 e. The first-order valence-corrected chi connectivity index (χ1v) is 9.98. The molecular weight excluding hydrogens is 360 g/mol. The highest BCUT2D eigenvalue weighted by molar-refractivity contribution is 5.66. The number of carboxylic acid groups (broad SMARTS) is 1. The monoisotopic (exact) mass is 394 g/mol. The molecule has 28 heavy (non-hydrogen) atoms. The molecule has 0 aromatic carbocycles. The van der Waals surface area contributed by atoms with Crippen LogP contribution in [0.1, 0.15) is 51.9 Å². The molecule has 1 aliphatic heterocycles. The second-order valence-corrected chi connectivity index (χ2v) is 6.92. The van der Waals surface area contributed by atoms with Crippen molar-refractivity contribution in [2.45, 2.75) is 82.4 Å². The molecule has 0 saturated carbocycles. The third-order valence-electron chi connectivity index (χ3n) is 4.42. The Morgan fingerprint density at radius 1 is 1.11 bits per heavy atom. The van der Waals surface area contributed by atoms with E-state index in [0.29, 0.717) is 32.1 Å². The van der Waals surface area contributed by atoms with Gasteiger partial charge in [0.05, 0.1) is 24.4 Å². The van der Waals surface area contributed by atoms with Gasteiger partial charge >= 0.3 is 5.97 Å². The Morgan fingerprint density at radius 2 is 1.82 bits per heavy atom. The van der Waals surface area contributed by atoms with E-state index in [2.05, 4.69) is 0 Å². The number of rotatable bonds is 13. The molecule has 0 bridgehead atoms. The van der Waals surface area contributed by atoms with Crippen LogP contribution in [0.2, 0.25) is 0 Å². The lowest BCUT2D eigenvalue weighted by molar-refractivity contribution is -0.136. The number of aliphatic hydroxyl groups excluding tert-OH is 3. The number of aliphatic hydroxyl groups is 3. The lowest BCUT2D eigenvalue weighted by Gasteiger charge is -2.16. The Balaban J connectivity index is 2.31. The summed E-state index contributed by atoms with van der Waals surface area (Å²) in [6.07, 6.45) is 15.2. The lowest BCUT2D eigenvalue weighted by Crippen LogP contribution is -2.25. The number of hydrogen-bond donors (Lipinski definition) is 4. The first-order chi connectivity index (χ1) is 13.4. The molecule has 0 aliphatic carbocycles. The summed E-state index contributed by atoms with van der Waals surface area (Å²) < 4.78 is 5.72. The number of carbonyl (C=O) groups is 1. The molecule has 158 valence electrons. The average Bonchev–Trinajstić information content (AvgIpc) is 3.03. The maximum atomic E-state index is 10.4. The number of allylic oxidation sites excluding steroid dienone is 4. The fourth-order valence-corrected chi connectivity index (χ4v) is 2.84. The van der Waals surface area contributed by atoms with Gasteiger partial charge in [-0.1, -0.05) is 55.5 Å². The van der Waals surface area contributed by atoms with Crippen molar-refractivity contribution >= 4 is 5.97 Å². The van der Waals surface area contributed by atoms with Gasteiger partial charge in [0.25, 0.3) is 0 Å². The van der Waals surface area contributed by atoms with Crippen LogP contribution in [0, 0.1) is 0 Å². The van der Waals surface area contributed by atoms with E-state index < -0.39 is 36.5 Å². The van der Waals surface area contributed by atoms with E-state index in [4.69, 9.17) is 9.84 Å². The first-order valence-electron chi connectivity index (χ1n) is 9.98. The molecular formula is C22H34O6. The van der Waals surface area contributed by atoms with E-state index in [9.17, 15) is 20.1 Å². The average molecular weight is 395 g/mol. The molecule has 4 N–H and O–H groups in total. The van der Waals surface area contributed by atoms with Crippen molar-refractivity contribution in [3.8, 4) is 0 Å². The minimum absolute atomic E-state index is 0.127. The van der Waals surface area contributed by atoms with Gasteiger partial charge in [0.2, 0.25) is 0 Å². The molecule has 6 heteroatoms. The summed E-state index contributed by atoms with van der Waals surface area (Å²) in [6.45, 7) is 2.03. The third-order valence-corrected chi connectivity index (χ3v) is 4.42. The second kappa shape index (κ2) is 14.3. The van der Waals surface area contributed by atoms with Crippen molar-refractivity contribution in [3.05, 3.63) is 48.6 Å². The molecule has 0 unspecified atom stereocenters. The van der Waals surface area contributed by atoms with E-state index in [1.165, 1.54) is 0 Å². The molecule has 1 heterocycles. The number of hydrogen-bond acceptors (Lipinski definition) is 5. The fraction of sp³-hybridized carbons (Fsp3) is 0.591. The van der Waals surface area contributed by atoms with Crippen LogP contribution in [0.4, 0.5) is 0 Å². The maximum absolute atomic E-state index is 10.4. The fourth-order valence-electron chi connectivity index (χ4n) is 2.84. The molecule has 1 aliphatic rings. The third kappa shape index (κ3) is 10.6. The van der Waals surface area contributed by atoms with Crippen LogP contribution in [-0.2, 0) is 9.53 Å². The zero-order chi connectivity index (χ0) is 20.8. The van der Waals surface area contributed by atoms with Gasteiger partial charge in [-0.15, -0.1) is 0 Å². The lowest BCUT2D eigenvalue weighted by atomic mass is 10.0. The van der Waals surface area contributed by atoms with Crippen LogP contribution in [-0.4, -0.2) is 56.9 Å². The van der Waals surface area contributed by atoms with Gasteiger partial charge in [0.15, 0.2) is 0 Å². The standard InChI is InChI=1S/C22H34O6/c1-2-3-8-11-17(23)14-15-20-19(25)16-21(28-20)18(24)12-9-6-4-5-7-10-13-22(26)27/h3,5-9,14-15,17-21,23-25H,2,4,10-13,16H2,1H3,(H,26,27)/b7-5-,8-3-,9-6-,15-14+/t17-,18-,19-,20+,21-/m1/s1. The molecule has 0 amide bonds. The molecule has 5 atom stereocenters. The summed E-state index contributed by atoms with van der Waals surface area (Å²) in [5, 5.41) is 38.8. The largest absolute Gasteiger partial charge is 0.481 e. The van der Waals surface area contributed by atoms with Crippen molar-refractivity contribution in [1.82, 2.24) is 0 Å². The summed E-state index contributed by atoms with van der Waals surface area (Å²) in [7, 11) is 0. The Kier molecular flexibility index (Phi) is 12.4. The van der Waals surface area contributed by atoms with Crippen LogP contribution in [0.3, 0.4) is 0 Å². The second-order valence-electron chi connectivity index (χ2n) is 6.92. The molecule has 0 radical (unpaired) electrons. The van der Waals surface area contributed by atoms with Gasteiger partial charge < -0.3 is 25.2 Å². The van der Waals surface area contributed by atoms with Gasteiger partial charge in [0, 0.05) is 12.8 Å². The predicted molar refractivity (Wildman–Crippen MR) is 109 cm³/mol. The Hall–Kier alpha value is -1.73. The summed E-state index contributed by atoms with van der Waals surface area (Å²) in [5.41, 5.74) is 0. The molecule has 6 nitrogen and oxygen atoms in total. The molecule has 0 aromatic rings. The topological polar surface area (TPSA) is 107 Å². The Labute approximate surface area is 167 Å². The molecule has 1 fully saturated rings. The Morgan fingerprint density at radius 3 is 2.54 bits per heavy atom. The highest BCUT2D eigenvalue weighted by Gasteiger charge is 2.35. The van der Waals surface area contributed by atoms with E-state index in [0.717, 1.165) is 6.42 Å². The highest BCUT2D eigenvalue weighted by atomic mass is 16.5. The number of carboxylic acids is 1.